The minimum absolute atomic E-state index is 1.12. The minimum Gasteiger partial charge on any atom is -0.246 e. The fourth-order valence-electron chi connectivity index (χ4n) is 1.37. The molecule has 13 heavy (non-hydrogen) atoms. The van der Waals surface area contributed by atoms with Gasteiger partial charge in [0.2, 0.25) is 0 Å². The van der Waals surface area contributed by atoms with Gasteiger partial charge in [-0.25, -0.2) is 9.98 Å². The Kier molecular flexibility index (Phi) is 5.14. The first-order valence-corrected chi connectivity index (χ1v) is 5.09. The summed E-state index contributed by atoms with van der Waals surface area (Å²) in [4.78, 5) is 8.29. The SMILES string of the molecule is C\C1=N/C=N\C=C\CCCCCC1. The Labute approximate surface area is 80.5 Å². The molecule has 1 heterocycles. The van der Waals surface area contributed by atoms with Gasteiger partial charge >= 0.3 is 0 Å². The van der Waals surface area contributed by atoms with Crippen LogP contribution >= 0.6 is 0 Å². The van der Waals surface area contributed by atoms with Gasteiger partial charge in [-0.15, -0.1) is 0 Å². The highest BCUT2D eigenvalue weighted by molar-refractivity contribution is 5.88. The van der Waals surface area contributed by atoms with Gasteiger partial charge in [0, 0.05) is 11.9 Å². The van der Waals surface area contributed by atoms with Gasteiger partial charge in [0.15, 0.2) is 0 Å². The summed E-state index contributed by atoms with van der Waals surface area (Å²) in [7, 11) is 0. The van der Waals surface area contributed by atoms with Gasteiger partial charge in [0.1, 0.15) is 6.34 Å². The Morgan fingerprint density at radius 3 is 2.92 bits per heavy atom. The average molecular weight is 178 g/mol. The fraction of sp³-hybridized carbons (Fsp3) is 0.636. The molecular formula is C11H18N2. The first kappa shape index (κ1) is 10.2. The van der Waals surface area contributed by atoms with E-state index in [1.54, 1.807) is 6.34 Å². The molecule has 1 aliphatic rings. The third-order valence-corrected chi connectivity index (χ3v) is 2.20. The van der Waals surface area contributed by atoms with E-state index in [9.17, 15) is 0 Å². The van der Waals surface area contributed by atoms with E-state index in [1.165, 1.54) is 31.4 Å². The van der Waals surface area contributed by atoms with Crippen LogP contribution in [-0.4, -0.2) is 12.1 Å². The number of allylic oxidation sites excluding steroid dienone is 1. The van der Waals surface area contributed by atoms with Gasteiger partial charge in [-0.1, -0.05) is 18.9 Å². The largest absolute Gasteiger partial charge is 0.246 e. The van der Waals surface area contributed by atoms with Gasteiger partial charge in [0.25, 0.3) is 0 Å². The highest BCUT2D eigenvalue weighted by atomic mass is 14.8. The van der Waals surface area contributed by atoms with E-state index in [-0.39, 0.29) is 0 Å². The third kappa shape index (κ3) is 5.34. The zero-order valence-electron chi connectivity index (χ0n) is 8.37. The van der Waals surface area contributed by atoms with E-state index in [2.05, 4.69) is 23.0 Å². The Morgan fingerprint density at radius 2 is 2.00 bits per heavy atom. The van der Waals surface area contributed by atoms with Crippen molar-refractivity contribution in [3.05, 3.63) is 12.3 Å². The quantitative estimate of drug-likeness (QED) is 0.543. The molecule has 2 heteroatoms. The van der Waals surface area contributed by atoms with Crippen LogP contribution < -0.4 is 0 Å². The molecule has 0 fully saturated rings. The van der Waals surface area contributed by atoms with E-state index in [1.807, 2.05) is 6.20 Å². The summed E-state index contributed by atoms with van der Waals surface area (Å²) in [6.45, 7) is 2.07. The predicted molar refractivity (Wildman–Crippen MR) is 58.4 cm³/mol. The van der Waals surface area contributed by atoms with Gasteiger partial charge in [-0.3, -0.25) is 0 Å². The van der Waals surface area contributed by atoms with E-state index in [4.69, 9.17) is 0 Å². The molecule has 2 nitrogen and oxygen atoms in total. The van der Waals surface area contributed by atoms with Crippen LogP contribution in [0.15, 0.2) is 22.3 Å². The maximum Gasteiger partial charge on any atom is 0.115 e. The molecular weight excluding hydrogens is 160 g/mol. The van der Waals surface area contributed by atoms with Gasteiger partial charge in [-0.2, -0.15) is 0 Å². The number of rotatable bonds is 0. The summed E-state index contributed by atoms with van der Waals surface area (Å²) < 4.78 is 0. The van der Waals surface area contributed by atoms with Gasteiger partial charge in [-0.05, 0) is 32.6 Å². The van der Waals surface area contributed by atoms with Crippen LogP contribution in [0.25, 0.3) is 0 Å². The summed E-state index contributed by atoms with van der Waals surface area (Å²) in [6.07, 6.45) is 13.1. The molecule has 0 radical (unpaired) electrons. The van der Waals surface area contributed by atoms with Crippen molar-refractivity contribution < 1.29 is 0 Å². The van der Waals surface area contributed by atoms with Crippen molar-refractivity contribution >= 4 is 12.1 Å². The van der Waals surface area contributed by atoms with Crippen molar-refractivity contribution in [1.82, 2.24) is 0 Å². The van der Waals surface area contributed by atoms with E-state index in [0.717, 1.165) is 12.8 Å². The Bertz CT molecular complexity index is 214. The number of hydrogen-bond donors (Lipinski definition) is 0. The summed E-state index contributed by atoms with van der Waals surface area (Å²) in [6, 6.07) is 0. The first-order valence-electron chi connectivity index (χ1n) is 5.09. The van der Waals surface area contributed by atoms with E-state index in [0.29, 0.717) is 0 Å². The van der Waals surface area contributed by atoms with Crippen molar-refractivity contribution in [2.24, 2.45) is 9.98 Å². The molecule has 0 bridgehead atoms. The van der Waals surface area contributed by atoms with Crippen LogP contribution in [0.5, 0.6) is 0 Å². The van der Waals surface area contributed by atoms with Crippen molar-refractivity contribution in [2.45, 2.75) is 45.4 Å². The van der Waals surface area contributed by atoms with Crippen LogP contribution in [0.3, 0.4) is 0 Å². The first-order chi connectivity index (χ1) is 6.39. The summed E-state index contributed by atoms with van der Waals surface area (Å²) in [5.74, 6) is 0. The fourth-order valence-corrected chi connectivity index (χ4v) is 1.37. The van der Waals surface area contributed by atoms with Gasteiger partial charge in [0.05, 0.1) is 0 Å². The minimum atomic E-state index is 1.12. The zero-order chi connectivity index (χ0) is 9.36. The highest BCUT2D eigenvalue weighted by Gasteiger charge is 1.93. The molecule has 0 aromatic carbocycles. The van der Waals surface area contributed by atoms with Crippen LogP contribution in [0.1, 0.15) is 45.4 Å². The van der Waals surface area contributed by atoms with E-state index < -0.39 is 0 Å². The lowest BCUT2D eigenvalue weighted by atomic mass is 10.1. The molecule has 0 saturated heterocycles. The molecule has 0 saturated carbocycles. The molecule has 0 atom stereocenters. The molecule has 1 rings (SSSR count). The van der Waals surface area contributed by atoms with Crippen molar-refractivity contribution in [3.8, 4) is 0 Å². The third-order valence-electron chi connectivity index (χ3n) is 2.20. The van der Waals surface area contributed by atoms with Crippen LogP contribution in [-0.2, 0) is 0 Å². The molecule has 0 aromatic rings. The second kappa shape index (κ2) is 6.58. The standard InChI is InChI=1S/C11H18N2/c1-11-8-6-4-2-3-5-7-9-12-10-13-11/h7,9-10H,2-6,8H2,1H3/b9-7+,12-10-,13-11+. The Balaban J connectivity index is 2.45. The maximum absolute atomic E-state index is 4.23. The maximum atomic E-state index is 4.23. The monoisotopic (exact) mass is 178 g/mol. The summed E-state index contributed by atoms with van der Waals surface area (Å²) >= 11 is 0. The predicted octanol–water partition coefficient (Wildman–Crippen LogP) is 3.34. The lowest BCUT2D eigenvalue weighted by Crippen LogP contribution is -1.92. The van der Waals surface area contributed by atoms with Crippen molar-refractivity contribution in [2.75, 3.05) is 0 Å². The second-order valence-electron chi connectivity index (χ2n) is 3.47. The molecule has 0 amide bonds. The molecule has 0 aliphatic carbocycles. The average Bonchev–Trinajstić information content (AvgIpc) is 2.11. The molecule has 72 valence electrons. The lowest BCUT2D eigenvalue weighted by molar-refractivity contribution is 0.658. The molecule has 0 spiro atoms. The topological polar surface area (TPSA) is 24.7 Å². The van der Waals surface area contributed by atoms with Gasteiger partial charge < -0.3 is 0 Å². The number of hydrogen-bond acceptors (Lipinski definition) is 2. The van der Waals surface area contributed by atoms with Crippen LogP contribution in [0, 0.1) is 0 Å². The molecule has 0 aromatic heterocycles. The molecule has 0 N–H and O–H groups in total. The Morgan fingerprint density at radius 1 is 1.15 bits per heavy atom. The smallest absolute Gasteiger partial charge is 0.115 e. The summed E-state index contributed by atoms with van der Waals surface area (Å²) in [5, 5.41) is 0. The molecule has 0 unspecified atom stereocenters. The summed E-state index contributed by atoms with van der Waals surface area (Å²) in [5.41, 5.74) is 1.19. The molecule has 1 aliphatic heterocycles. The van der Waals surface area contributed by atoms with Crippen molar-refractivity contribution in [3.63, 3.8) is 0 Å². The normalized spacial score (nSPS) is 29.2. The lowest BCUT2D eigenvalue weighted by Gasteiger charge is -2.00. The van der Waals surface area contributed by atoms with Crippen LogP contribution in [0.4, 0.5) is 0 Å². The van der Waals surface area contributed by atoms with Crippen molar-refractivity contribution in [1.29, 1.82) is 0 Å². The zero-order valence-corrected chi connectivity index (χ0v) is 8.37. The Hall–Kier alpha value is -0.920. The second-order valence-corrected chi connectivity index (χ2v) is 3.47. The number of aliphatic imine (C=N–C) groups is 2. The van der Waals surface area contributed by atoms with E-state index >= 15 is 0 Å². The number of nitrogens with zero attached hydrogens (tertiary/aromatic N) is 2. The highest BCUT2D eigenvalue weighted by Crippen LogP contribution is 2.07. The van der Waals surface area contributed by atoms with Crippen LogP contribution in [0.2, 0.25) is 0 Å².